The molecule has 3 heterocycles. The van der Waals surface area contributed by atoms with Crippen LogP contribution < -0.4 is 5.32 Å². The number of fused-ring (bicyclic) bond motifs is 3. The lowest BCUT2D eigenvalue weighted by atomic mass is 9.84. The van der Waals surface area contributed by atoms with E-state index in [0.29, 0.717) is 6.04 Å². The number of hydrogen-bond acceptors (Lipinski definition) is 5. The van der Waals surface area contributed by atoms with Crippen molar-refractivity contribution in [3.05, 3.63) is 36.9 Å². The van der Waals surface area contributed by atoms with E-state index in [0.717, 1.165) is 40.4 Å². The predicted molar refractivity (Wildman–Crippen MR) is 96.5 cm³/mol. The Morgan fingerprint density at radius 3 is 2.88 bits per heavy atom. The number of hydrogen-bond donors (Lipinski definition) is 1. The van der Waals surface area contributed by atoms with E-state index < -0.39 is 0 Å². The Balaban J connectivity index is 1.45. The molecule has 25 heavy (non-hydrogen) atoms. The third-order valence-electron chi connectivity index (χ3n) is 6.03. The van der Waals surface area contributed by atoms with Gasteiger partial charge in [-0.2, -0.15) is 9.78 Å². The van der Waals surface area contributed by atoms with E-state index in [1.165, 1.54) is 25.7 Å². The van der Waals surface area contributed by atoms with Crippen molar-refractivity contribution in [2.24, 2.45) is 17.8 Å². The van der Waals surface area contributed by atoms with Crippen LogP contribution in [0.25, 0.3) is 16.9 Å². The molecule has 3 aromatic heterocycles. The van der Waals surface area contributed by atoms with Gasteiger partial charge >= 0.3 is 0 Å². The average Bonchev–Trinajstić information content (AvgIpc) is 3.38. The Labute approximate surface area is 146 Å². The van der Waals surface area contributed by atoms with Crippen LogP contribution in [0.2, 0.25) is 0 Å². The van der Waals surface area contributed by atoms with E-state index in [1.54, 1.807) is 17.2 Å². The van der Waals surface area contributed by atoms with Crippen molar-refractivity contribution in [1.82, 2.24) is 24.7 Å². The van der Waals surface area contributed by atoms with Crippen LogP contribution in [0.4, 0.5) is 5.82 Å². The lowest BCUT2D eigenvalue weighted by Crippen LogP contribution is -2.30. The molecule has 2 bridgehead atoms. The summed E-state index contributed by atoms with van der Waals surface area (Å²) in [4.78, 5) is 13.3. The van der Waals surface area contributed by atoms with Gasteiger partial charge in [0.25, 0.3) is 0 Å². The van der Waals surface area contributed by atoms with Crippen LogP contribution in [0, 0.1) is 17.8 Å². The molecule has 2 aliphatic carbocycles. The summed E-state index contributed by atoms with van der Waals surface area (Å²) in [5.41, 5.74) is 0.788. The molecule has 2 aliphatic rings. The van der Waals surface area contributed by atoms with Gasteiger partial charge < -0.3 is 5.32 Å². The van der Waals surface area contributed by atoms with Crippen molar-refractivity contribution in [3.8, 4) is 5.82 Å². The van der Waals surface area contributed by atoms with Crippen LogP contribution in [-0.4, -0.2) is 30.8 Å². The zero-order chi connectivity index (χ0) is 16.8. The van der Waals surface area contributed by atoms with Gasteiger partial charge in [-0.3, -0.25) is 0 Å². The molecule has 4 atom stereocenters. The van der Waals surface area contributed by atoms with E-state index in [4.69, 9.17) is 0 Å². The van der Waals surface area contributed by atoms with E-state index in [2.05, 4.69) is 32.3 Å². The second-order valence-electron chi connectivity index (χ2n) is 7.48. The number of anilines is 1. The highest BCUT2D eigenvalue weighted by atomic mass is 15.3. The Hall–Kier alpha value is -2.50. The highest BCUT2D eigenvalue weighted by Gasteiger charge is 2.41. The Morgan fingerprint density at radius 2 is 2.12 bits per heavy atom. The first-order chi connectivity index (χ1) is 12.3. The first kappa shape index (κ1) is 14.8. The quantitative estimate of drug-likeness (QED) is 0.791. The van der Waals surface area contributed by atoms with Gasteiger partial charge in [0.15, 0.2) is 11.5 Å². The highest BCUT2D eigenvalue weighted by molar-refractivity contribution is 5.87. The third-order valence-corrected chi connectivity index (χ3v) is 6.03. The van der Waals surface area contributed by atoms with Crippen LogP contribution in [0.3, 0.4) is 0 Å². The second-order valence-corrected chi connectivity index (χ2v) is 7.48. The van der Waals surface area contributed by atoms with Gasteiger partial charge in [0.1, 0.15) is 12.1 Å². The largest absolute Gasteiger partial charge is 0.367 e. The fourth-order valence-corrected chi connectivity index (χ4v) is 4.83. The van der Waals surface area contributed by atoms with Crippen molar-refractivity contribution in [2.45, 2.75) is 38.6 Å². The number of nitrogens with zero attached hydrogens (tertiary/aromatic N) is 5. The zero-order valence-corrected chi connectivity index (χ0v) is 14.3. The molecule has 0 aliphatic heterocycles. The molecule has 0 radical (unpaired) electrons. The molecule has 0 amide bonds. The Bertz CT molecular complexity index is 889. The molecule has 0 spiro atoms. The molecular formula is C19H22N6. The number of nitrogens with one attached hydrogen (secondary N) is 1. The average molecular weight is 334 g/mol. The summed E-state index contributed by atoms with van der Waals surface area (Å²) in [6.07, 6.45) is 10.8. The zero-order valence-electron chi connectivity index (χ0n) is 14.3. The molecule has 5 rings (SSSR count). The van der Waals surface area contributed by atoms with Gasteiger partial charge in [-0.1, -0.05) is 12.5 Å². The van der Waals surface area contributed by atoms with Crippen LogP contribution in [0.5, 0.6) is 0 Å². The van der Waals surface area contributed by atoms with E-state index in [1.807, 2.05) is 24.4 Å². The van der Waals surface area contributed by atoms with Gasteiger partial charge in [0, 0.05) is 12.2 Å². The number of pyridine rings is 1. The van der Waals surface area contributed by atoms with Crippen LogP contribution in [0.1, 0.15) is 32.6 Å². The monoisotopic (exact) mass is 334 g/mol. The van der Waals surface area contributed by atoms with E-state index in [9.17, 15) is 0 Å². The molecule has 128 valence electrons. The standard InChI is InChI=1S/C19H22N6/c1-12(15-9-13-5-6-14(15)8-13)24-18-16-10-23-25(19(16)22-11-21-18)17-4-2-3-7-20-17/h2-4,7,10-15H,5-6,8-9H2,1H3,(H,21,22,24)/t12-,13+,14+,15+/m1/s1. The van der Waals surface area contributed by atoms with Gasteiger partial charge in [0.05, 0.1) is 11.6 Å². The molecule has 0 unspecified atom stereocenters. The summed E-state index contributed by atoms with van der Waals surface area (Å²) < 4.78 is 1.77. The van der Waals surface area contributed by atoms with Crippen LogP contribution >= 0.6 is 0 Å². The molecule has 6 heteroatoms. The summed E-state index contributed by atoms with van der Waals surface area (Å²) in [6, 6.07) is 6.20. The van der Waals surface area contributed by atoms with Crippen molar-refractivity contribution in [2.75, 3.05) is 5.32 Å². The van der Waals surface area contributed by atoms with Crippen molar-refractivity contribution < 1.29 is 0 Å². The van der Waals surface area contributed by atoms with Crippen molar-refractivity contribution in [3.63, 3.8) is 0 Å². The maximum absolute atomic E-state index is 4.49. The first-order valence-corrected chi connectivity index (χ1v) is 9.16. The van der Waals surface area contributed by atoms with E-state index >= 15 is 0 Å². The lowest BCUT2D eigenvalue weighted by Gasteiger charge is -2.29. The normalized spacial score (nSPS) is 26.2. The van der Waals surface area contributed by atoms with Crippen molar-refractivity contribution >= 4 is 16.9 Å². The molecular weight excluding hydrogens is 312 g/mol. The molecule has 6 nitrogen and oxygen atoms in total. The summed E-state index contributed by atoms with van der Waals surface area (Å²) in [5, 5.41) is 9.08. The molecule has 2 saturated carbocycles. The van der Waals surface area contributed by atoms with Gasteiger partial charge in [-0.15, -0.1) is 0 Å². The Morgan fingerprint density at radius 1 is 1.16 bits per heavy atom. The summed E-state index contributed by atoms with van der Waals surface area (Å²) >= 11 is 0. The fourth-order valence-electron chi connectivity index (χ4n) is 4.83. The number of rotatable bonds is 4. The minimum atomic E-state index is 0.423. The summed E-state index contributed by atoms with van der Waals surface area (Å²) in [6.45, 7) is 2.29. The van der Waals surface area contributed by atoms with Crippen LogP contribution in [0.15, 0.2) is 36.9 Å². The highest BCUT2D eigenvalue weighted by Crippen LogP contribution is 2.49. The Kier molecular flexibility index (Phi) is 3.43. The minimum absolute atomic E-state index is 0.423. The van der Waals surface area contributed by atoms with Gasteiger partial charge in [-0.05, 0) is 56.1 Å². The topological polar surface area (TPSA) is 68.5 Å². The van der Waals surface area contributed by atoms with Gasteiger partial charge in [0.2, 0.25) is 0 Å². The maximum atomic E-state index is 4.49. The summed E-state index contributed by atoms with van der Waals surface area (Å²) in [7, 11) is 0. The number of aromatic nitrogens is 5. The smallest absolute Gasteiger partial charge is 0.170 e. The molecule has 3 aromatic rings. The summed E-state index contributed by atoms with van der Waals surface area (Å²) in [5.74, 6) is 4.25. The lowest BCUT2D eigenvalue weighted by molar-refractivity contribution is 0.304. The van der Waals surface area contributed by atoms with Gasteiger partial charge in [-0.25, -0.2) is 15.0 Å². The fraction of sp³-hybridized carbons (Fsp3) is 0.474. The van der Waals surface area contributed by atoms with Crippen LogP contribution in [-0.2, 0) is 0 Å². The molecule has 1 N–H and O–H groups in total. The molecule has 0 aromatic carbocycles. The minimum Gasteiger partial charge on any atom is -0.367 e. The molecule has 0 saturated heterocycles. The third kappa shape index (κ3) is 2.47. The second kappa shape index (κ2) is 5.79. The van der Waals surface area contributed by atoms with Crippen molar-refractivity contribution in [1.29, 1.82) is 0 Å². The SMILES string of the molecule is C[C@@H](Nc1ncnc2c1cnn2-c1ccccn1)[C@@H]1C[C@H]2CC[C@H]1C2. The first-order valence-electron chi connectivity index (χ1n) is 9.16. The predicted octanol–water partition coefficient (Wildman–Crippen LogP) is 3.45. The maximum Gasteiger partial charge on any atom is 0.170 e. The van der Waals surface area contributed by atoms with E-state index in [-0.39, 0.29) is 0 Å². The molecule has 2 fully saturated rings.